The van der Waals surface area contributed by atoms with E-state index in [9.17, 15) is 5.11 Å². The predicted molar refractivity (Wildman–Crippen MR) is 59.7 cm³/mol. The lowest BCUT2D eigenvalue weighted by molar-refractivity contribution is 0.0317. The van der Waals surface area contributed by atoms with Gasteiger partial charge in [0.15, 0.2) is 0 Å². The normalized spacial score (nSPS) is 46.8. The minimum Gasteiger partial charge on any atom is -0.395 e. The van der Waals surface area contributed by atoms with Gasteiger partial charge in [-0.2, -0.15) is 0 Å². The summed E-state index contributed by atoms with van der Waals surface area (Å²) < 4.78 is 0. The number of nitrogens with zero attached hydrogens (tertiary/aromatic N) is 2. The molecule has 2 aliphatic carbocycles. The van der Waals surface area contributed by atoms with Gasteiger partial charge >= 0.3 is 0 Å². The zero-order valence-electron chi connectivity index (χ0n) is 9.60. The molecule has 3 nitrogen and oxygen atoms in total. The van der Waals surface area contributed by atoms with Gasteiger partial charge in [0.05, 0.1) is 6.61 Å². The molecule has 3 fully saturated rings. The Balaban J connectivity index is 1.62. The number of hydrogen-bond acceptors (Lipinski definition) is 3. The summed E-state index contributed by atoms with van der Waals surface area (Å²) in [5.41, 5.74) is 0. The minimum atomic E-state index is 0.313. The average molecular weight is 210 g/mol. The van der Waals surface area contributed by atoms with Crippen LogP contribution in [-0.2, 0) is 0 Å². The number of rotatable bonds is 2. The molecule has 1 heterocycles. The van der Waals surface area contributed by atoms with Gasteiger partial charge in [0.1, 0.15) is 0 Å². The lowest BCUT2D eigenvalue weighted by Gasteiger charge is -2.42. The van der Waals surface area contributed by atoms with E-state index in [-0.39, 0.29) is 0 Å². The summed E-state index contributed by atoms with van der Waals surface area (Å²) in [6.45, 7) is 3.73. The molecule has 0 bridgehead atoms. The zero-order chi connectivity index (χ0) is 10.4. The molecule has 1 saturated heterocycles. The van der Waals surface area contributed by atoms with Crippen LogP contribution in [0.25, 0.3) is 0 Å². The van der Waals surface area contributed by atoms with Gasteiger partial charge in [-0.25, -0.2) is 0 Å². The summed E-state index contributed by atoms with van der Waals surface area (Å²) in [7, 11) is 2.13. The maximum Gasteiger partial charge on any atom is 0.0599 e. The van der Waals surface area contributed by atoms with E-state index in [1.807, 2.05) is 0 Å². The van der Waals surface area contributed by atoms with E-state index in [2.05, 4.69) is 16.8 Å². The van der Waals surface area contributed by atoms with Gasteiger partial charge in [0, 0.05) is 31.7 Å². The zero-order valence-corrected chi connectivity index (χ0v) is 9.60. The quantitative estimate of drug-likeness (QED) is 0.714. The molecule has 86 valence electrons. The molecule has 4 unspecified atom stereocenters. The van der Waals surface area contributed by atoms with E-state index in [0.717, 1.165) is 31.0 Å². The van der Waals surface area contributed by atoms with E-state index in [1.54, 1.807) is 0 Å². The van der Waals surface area contributed by atoms with Gasteiger partial charge in [0.2, 0.25) is 0 Å². The van der Waals surface area contributed by atoms with E-state index in [1.165, 1.54) is 25.8 Å². The van der Waals surface area contributed by atoms with E-state index >= 15 is 0 Å². The molecule has 3 heteroatoms. The van der Waals surface area contributed by atoms with E-state index < -0.39 is 0 Å². The molecule has 0 radical (unpaired) electrons. The monoisotopic (exact) mass is 210 g/mol. The molecular formula is C12H22N2O. The fourth-order valence-corrected chi connectivity index (χ4v) is 3.59. The number of fused-ring (bicyclic) bond motifs is 1. The van der Waals surface area contributed by atoms with E-state index in [0.29, 0.717) is 12.6 Å². The second-order valence-corrected chi connectivity index (χ2v) is 5.62. The van der Waals surface area contributed by atoms with Crippen molar-refractivity contribution in [1.29, 1.82) is 0 Å². The molecule has 4 atom stereocenters. The van der Waals surface area contributed by atoms with Crippen molar-refractivity contribution < 1.29 is 5.11 Å². The fourth-order valence-electron chi connectivity index (χ4n) is 3.59. The van der Waals surface area contributed by atoms with Crippen LogP contribution in [0.15, 0.2) is 0 Å². The average Bonchev–Trinajstić information content (AvgIpc) is 2.92. The molecule has 0 spiro atoms. The van der Waals surface area contributed by atoms with Crippen LogP contribution in [0.1, 0.15) is 19.3 Å². The number of aliphatic hydroxyl groups is 1. The maximum absolute atomic E-state index is 9.33. The topological polar surface area (TPSA) is 26.7 Å². The minimum absolute atomic E-state index is 0.313. The van der Waals surface area contributed by atoms with Crippen molar-refractivity contribution in [2.24, 2.45) is 11.8 Å². The van der Waals surface area contributed by atoms with Crippen molar-refractivity contribution in [3.05, 3.63) is 0 Å². The lowest BCUT2D eigenvalue weighted by atomic mass is 10.1. The van der Waals surface area contributed by atoms with Crippen molar-refractivity contribution in [3.63, 3.8) is 0 Å². The lowest BCUT2D eigenvalue weighted by Crippen LogP contribution is -2.55. The van der Waals surface area contributed by atoms with E-state index in [4.69, 9.17) is 0 Å². The van der Waals surface area contributed by atoms with Gasteiger partial charge in [-0.05, 0) is 38.1 Å². The highest BCUT2D eigenvalue weighted by Crippen LogP contribution is 2.53. The van der Waals surface area contributed by atoms with Crippen molar-refractivity contribution in [2.45, 2.75) is 31.3 Å². The summed E-state index contributed by atoms with van der Waals surface area (Å²) in [5, 5.41) is 9.33. The molecule has 1 aliphatic heterocycles. The van der Waals surface area contributed by atoms with Gasteiger partial charge < -0.3 is 5.11 Å². The standard InChI is InChI=1S/C12H22N2O/c1-13-4-5-14(7-10(13)8-15)12-3-2-9-6-11(9)12/h9-12,15H,2-8H2,1H3. The molecule has 3 aliphatic rings. The highest BCUT2D eigenvalue weighted by molar-refractivity contribution is 5.03. The Morgan fingerprint density at radius 2 is 2.13 bits per heavy atom. The van der Waals surface area contributed by atoms with Gasteiger partial charge in [-0.1, -0.05) is 0 Å². The van der Waals surface area contributed by atoms with Crippen molar-refractivity contribution >= 4 is 0 Å². The molecule has 0 aromatic rings. The summed E-state index contributed by atoms with van der Waals surface area (Å²) in [6, 6.07) is 1.23. The summed E-state index contributed by atoms with van der Waals surface area (Å²) in [6.07, 6.45) is 4.36. The second-order valence-electron chi connectivity index (χ2n) is 5.62. The number of likely N-dealkylation sites (N-methyl/N-ethyl adjacent to an activating group) is 1. The predicted octanol–water partition coefficient (Wildman–Crippen LogP) is 0.393. The molecular weight excluding hydrogens is 188 g/mol. The SMILES string of the molecule is CN1CCN(C2CCC3CC32)CC1CO. The first-order valence-corrected chi connectivity index (χ1v) is 6.34. The molecule has 0 amide bonds. The molecule has 2 saturated carbocycles. The Labute approximate surface area is 92.1 Å². The van der Waals surface area contributed by atoms with Crippen LogP contribution < -0.4 is 0 Å². The number of piperazine rings is 1. The third-order valence-corrected chi connectivity index (χ3v) is 4.79. The Kier molecular flexibility index (Phi) is 2.49. The first-order chi connectivity index (χ1) is 7.29. The van der Waals surface area contributed by atoms with Crippen LogP contribution in [0.3, 0.4) is 0 Å². The van der Waals surface area contributed by atoms with Gasteiger partial charge in [-0.3, -0.25) is 9.80 Å². The first-order valence-electron chi connectivity index (χ1n) is 6.34. The van der Waals surface area contributed by atoms with Gasteiger partial charge in [0.25, 0.3) is 0 Å². The van der Waals surface area contributed by atoms with Crippen molar-refractivity contribution in [3.8, 4) is 0 Å². The Hall–Kier alpha value is -0.120. The van der Waals surface area contributed by atoms with Crippen molar-refractivity contribution in [1.82, 2.24) is 9.80 Å². The number of aliphatic hydroxyl groups excluding tert-OH is 1. The largest absolute Gasteiger partial charge is 0.395 e. The van der Waals surface area contributed by atoms with Crippen LogP contribution in [0.5, 0.6) is 0 Å². The summed E-state index contributed by atoms with van der Waals surface area (Å²) >= 11 is 0. The molecule has 0 aromatic heterocycles. The smallest absolute Gasteiger partial charge is 0.0599 e. The van der Waals surface area contributed by atoms with Gasteiger partial charge in [-0.15, -0.1) is 0 Å². The van der Waals surface area contributed by atoms with Crippen LogP contribution in [-0.4, -0.2) is 60.3 Å². The third-order valence-electron chi connectivity index (χ3n) is 4.79. The highest BCUT2D eigenvalue weighted by atomic mass is 16.3. The van der Waals surface area contributed by atoms with Crippen molar-refractivity contribution in [2.75, 3.05) is 33.3 Å². The molecule has 1 N–H and O–H groups in total. The molecule has 3 rings (SSSR count). The number of hydrogen-bond donors (Lipinski definition) is 1. The van der Waals surface area contributed by atoms with Crippen LogP contribution >= 0.6 is 0 Å². The summed E-state index contributed by atoms with van der Waals surface area (Å²) in [5.74, 6) is 2.09. The molecule has 15 heavy (non-hydrogen) atoms. The second kappa shape index (κ2) is 3.72. The highest BCUT2D eigenvalue weighted by Gasteiger charge is 2.50. The van der Waals surface area contributed by atoms with Crippen LogP contribution in [0.4, 0.5) is 0 Å². The molecule has 0 aromatic carbocycles. The Morgan fingerprint density at radius 3 is 2.73 bits per heavy atom. The fraction of sp³-hybridized carbons (Fsp3) is 1.00. The first kappa shape index (κ1) is 10.1. The summed E-state index contributed by atoms with van der Waals surface area (Å²) in [4.78, 5) is 4.95. The van der Waals surface area contributed by atoms with Crippen LogP contribution in [0.2, 0.25) is 0 Å². The van der Waals surface area contributed by atoms with Crippen LogP contribution in [0, 0.1) is 11.8 Å². The Bertz CT molecular complexity index is 246. The maximum atomic E-state index is 9.33. The third kappa shape index (κ3) is 1.71. The Morgan fingerprint density at radius 1 is 1.27 bits per heavy atom.